The van der Waals surface area contributed by atoms with E-state index < -0.39 is 0 Å². The molecular weight excluding hydrogens is 305 g/mol. The number of esters is 1. The van der Waals surface area contributed by atoms with Crippen LogP contribution in [0.5, 0.6) is 11.6 Å². The third kappa shape index (κ3) is 3.58. The Morgan fingerprint density at radius 1 is 1.32 bits per heavy atom. The van der Waals surface area contributed by atoms with Gasteiger partial charge in [-0.1, -0.05) is 0 Å². The van der Waals surface area contributed by atoms with Crippen molar-refractivity contribution < 1.29 is 14.3 Å². The van der Waals surface area contributed by atoms with Gasteiger partial charge in [-0.3, -0.25) is 0 Å². The third-order valence-corrected chi connectivity index (χ3v) is 3.28. The predicted octanol–water partition coefficient (Wildman–Crippen LogP) is 1.31. The Bertz CT molecular complexity index is 586. The first-order valence-corrected chi connectivity index (χ1v) is 7.07. The molecule has 2 aromatic rings. The summed E-state index contributed by atoms with van der Waals surface area (Å²) >= 11 is 1.44. The summed E-state index contributed by atoms with van der Waals surface area (Å²) in [6.45, 7) is 2.13. The predicted molar refractivity (Wildman–Crippen MR) is 74.9 cm³/mol. The standard InChI is InChI=1S/C14H14AsNO3/c1-2-18-14(17)10-5-3-6-11(9-10)19-13-12(15)7-4-8-16-13/h3-9H,2,15H2,1H3. The Labute approximate surface area is 120 Å². The van der Waals surface area contributed by atoms with Crippen molar-refractivity contribution in [3.63, 3.8) is 0 Å². The Morgan fingerprint density at radius 3 is 2.89 bits per heavy atom. The summed E-state index contributed by atoms with van der Waals surface area (Å²) in [5.74, 6) is 0.779. The number of carbonyl (C=O) groups is 1. The van der Waals surface area contributed by atoms with Crippen molar-refractivity contribution >= 4 is 27.2 Å². The zero-order valence-corrected chi connectivity index (χ0v) is 12.9. The van der Waals surface area contributed by atoms with Gasteiger partial charge in [0.25, 0.3) is 0 Å². The van der Waals surface area contributed by atoms with E-state index in [2.05, 4.69) is 4.98 Å². The molecule has 1 heterocycles. The molecule has 0 N–H and O–H groups in total. The molecule has 0 fully saturated rings. The van der Waals surface area contributed by atoms with Gasteiger partial charge in [-0.2, -0.15) is 0 Å². The fourth-order valence-electron chi connectivity index (χ4n) is 1.50. The van der Waals surface area contributed by atoms with Crippen molar-refractivity contribution in [2.75, 3.05) is 6.61 Å². The van der Waals surface area contributed by atoms with Crippen molar-refractivity contribution in [1.29, 1.82) is 0 Å². The fraction of sp³-hybridized carbons (Fsp3) is 0.143. The average molecular weight is 319 g/mol. The number of benzene rings is 1. The third-order valence-electron chi connectivity index (χ3n) is 2.36. The number of ether oxygens (including phenoxy) is 2. The monoisotopic (exact) mass is 319 g/mol. The molecule has 0 spiro atoms. The van der Waals surface area contributed by atoms with Gasteiger partial charge in [0.1, 0.15) is 0 Å². The molecule has 0 saturated heterocycles. The molecule has 5 heteroatoms. The van der Waals surface area contributed by atoms with Gasteiger partial charge in [0.2, 0.25) is 0 Å². The summed E-state index contributed by atoms with van der Waals surface area (Å²) in [5.41, 5.74) is 0.471. The molecule has 98 valence electrons. The van der Waals surface area contributed by atoms with E-state index in [-0.39, 0.29) is 5.97 Å². The van der Waals surface area contributed by atoms with Gasteiger partial charge in [-0.05, 0) is 0 Å². The van der Waals surface area contributed by atoms with E-state index in [9.17, 15) is 4.79 Å². The summed E-state index contributed by atoms with van der Waals surface area (Å²) in [4.78, 5) is 15.8. The fourth-order valence-corrected chi connectivity index (χ4v) is 2.01. The van der Waals surface area contributed by atoms with Crippen molar-refractivity contribution in [3.8, 4) is 11.6 Å². The summed E-state index contributed by atoms with van der Waals surface area (Å²) in [5, 5.41) is 0. The molecule has 0 saturated carbocycles. The van der Waals surface area contributed by atoms with Crippen LogP contribution in [0.15, 0.2) is 42.6 Å². The topological polar surface area (TPSA) is 48.4 Å². The van der Waals surface area contributed by atoms with Gasteiger partial charge < -0.3 is 0 Å². The SMILES string of the molecule is CCOC(=O)c1cccc(Oc2ncccc2[AsH2])c1. The van der Waals surface area contributed by atoms with Crippen LogP contribution in [-0.4, -0.2) is 34.4 Å². The molecule has 0 bridgehead atoms. The second-order valence-corrected chi connectivity index (χ2v) is 5.05. The van der Waals surface area contributed by atoms with Crippen molar-refractivity contribution in [2.45, 2.75) is 6.92 Å². The minimum absolute atomic E-state index is 0.352. The quantitative estimate of drug-likeness (QED) is 0.630. The molecule has 0 aliphatic rings. The number of nitrogens with zero attached hydrogens (tertiary/aromatic N) is 1. The second kappa shape index (κ2) is 6.39. The van der Waals surface area contributed by atoms with Crippen LogP contribution < -0.4 is 9.09 Å². The van der Waals surface area contributed by atoms with Crippen LogP contribution in [0.4, 0.5) is 0 Å². The van der Waals surface area contributed by atoms with E-state index in [1.54, 1.807) is 37.4 Å². The molecule has 1 atom stereocenters. The van der Waals surface area contributed by atoms with Gasteiger partial charge in [0.05, 0.1) is 0 Å². The van der Waals surface area contributed by atoms with Crippen LogP contribution >= 0.6 is 0 Å². The molecule has 0 radical (unpaired) electrons. The Hall–Kier alpha value is -1.80. The summed E-state index contributed by atoms with van der Waals surface area (Å²) in [6.07, 6.45) is 1.67. The molecule has 1 unspecified atom stereocenters. The molecule has 0 amide bonds. The molecule has 1 aromatic heterocycles. The molecular formula is C14H14AsNO3. The number of rotatable bonds is 4. The Balaban J connectivity index is 2.20. The first kappa shape index (κ1) is 13.6. The minimum atomic E-state index is -0.352. The van der Waals surface area contributed by atoms with Gasteiger partial charge in [0, 0.05) is 0 Å². The van der Waals surface area contributed by atoms with Gasteiger partial charge in [-0.25, -0.2) is 0 Å². The van der Waals surface area contributed by atoms with Crippen LogP contribution in [0.3, 0.4) is 0 Å². The van der Waals surface area contributed by atoms with Gasteiger partial charge in [-0.15, -0.1) is 0 Å². The van der Waals surface area contributed by atoms with Gasteiger partial charge in [0.15, 0.2) is 0 Å². The molecule has 4 nitrogen and oxygen atoms in total. The van der Waals surface area contributed by atoms with E-state index >= 15 is 0 Å². The van der Waals surface area contributed by atoms with Gasteiger partial charge >= 0.3 is 120 Å². The second-order valence-electron chi connectivity index (χ2n) is 3.75. The van der Waals surface area contributed by atoms with Crippen LogP contribution in [0, 0.1) is 0 Å². The van der Waals surface area contributed by atoms with Crippen LogP contribution in [0.2, 0.25) is 0 Å². The van der Waals surface area contributed by atoms with E-state index in [4.69, 9.17) is 9.47 Å². The molecule has 0 aliphatic heterocycles. The summed E-state index contributed by atoms with van der Waals surface area (Å²) < 4.78 is 11.6. The number of aromatic nitrogens is 1. The maximum atomic E-state index is 11.6. The average Bonchev–Trinajstić information content (AvgIpc) is 2.42. The van der Waals surface area contributed by atoms with Crippen LogP contribution in [0.1, 0.15) is 17.3 Å². The summed E-state index contributed by atoms with van der Waals surface area (Å²) in [7, 11) is 0. The molecule has 1 aromatic carbocycles. The molecule has 19 heavy (non-hydrogen) atoms. The number of hydrogen-bond donors (Lipinski definition) is 0. The number of carbonyl (C=O) groups excluding carboxylic acids is 1. The van der Waals surface area contributed by atoms with E-state index in [0.29, 0.717) is 23.8 Å². The number of hydrogen-bond acceptors (Lipinski definition) is 4. The number of pyridine rings is 1. The maximum absolute atomic E-state index is 11.6. The van der Waals surface area contributed by atoms with Crippen molar-refractivity contribution in [2.24, 2.45) is 0 Å². The van der Waals surface area contributed by atoms with E-state index in [1.807, 2.05) is 12.1 Å². The normalized spacial score (nSPS) is 10.0. The Morgan fingerprint density at radius 2 is 2.16 bits per heavy atom. The molecule has 2 rings (SSSR count). The van der Waals surface area contributed by atoms with Crippen LogP contribution in [-0.2, 0) is 4.74 Å². The first-order chi connectivity index (χ1) is 9.20. The van der Waals surface area contributed by atoms with Crippen molar-refractivity contribution in [1.82, 2.24) is 4.98 Å². The summed E-state index contributed by atoms with van der Waals surface area (Å²) in [6, 6.07) is 10.7. The Kier molecular flexibility index (Phi) is 4.58. The first-order valence-electron chi connectivity index (χ1n) is 5.86. The molecule has 0 aliphatic carbocycles. The van der Waals surface area contributed by atoms with E-state index in [1.165, 1.54) is 16.9 Å². The van der Waals surface area contributed by atoms with Crippen LogP contribution in [0.25, 0.3) is 0 Å². The van der Waals surface area contributed by atoms with E-state index in [0.717, 1.165) is 4.35 Å². The zero-order chi connectivity index (χ0) is 13.7. The zero-order valence-electron chi connectivity index (χ0n) is 10.5. The van der Waals surface area contributed by atoms with Crippen molar-refractivity contribution in [3.05, 3.63) is 48.2 Å².